The lowest BCUT2D eigenvalue weighted by Crippen LogP contribution is -2.27. The van der Waals surface area contributed by atoms with Gasteiger partial charge in [-0.15, -0.1) is 0 Å². The zero-order valence-electron chi connectivity index (χ0n) is 11.8. The second-order valence-electron chi connectivity index (χ2n) is 5.03. The Morgan fingerprint density at radius 2 is 1.95 bits per heavy atom. The lowest BCUT2D eigenvalue weighted by Gasteiger charge is -2.20. The molecule has 0 aromatic heterocycles. The average molecular weight is 383 g/mol. The van der Waals surface area contributed by atoms with Crippen LogP contribution in [0.2, 0.25) is 5.02 Å². The molecule has 0 aliphatic rings. The number of benzene rings is 1. The van der Waals surface area contributed by atoms with Crippen LogP contribution in [-0.2, 0) is 9.47 Å². The molecule has 0 heterocycles. The molecule has 116 valence electrons. The molecular formula is C13H14BrClFNO4. The van der Waals surface area contributed by atoms with E-state index in [2.05, 4.69) is 26.0 Å². The third kappa shape index (κ3) is 4.57. The minimum absolute atomic E-state index is 0.0917. The second kappa shape index (κ2) is 6.62. The number of halogens is 3. The van der Waals surface area contributed by atoms with E-state index in [0.29, 0.717) is 0 Å². The van der Waals surface area contributed by atoms with Crippen molar-refractivity contribution >= 4 is 45.3 Å². The fourth-order valence-corrected chi connectivity index (χ4v) is 2.18. The standard InChI is InChI=1S/C13H14BrClFNO4/c1-13(2,3)21-12(19)17-10-8(14)7(16)5-6(9(10)15)11(18)20-4/h5H,1-4H3,(H,17,19). The Hall–Kier alpha value is -1.34. The summed E-state index contributed by atoms with van der Waals surface area (Å²) in [7, 11) is 1.14. The van der Waals surface area contributed by atoms with Gasteiger partial charge in [0.05, 0.1) is 27.9 Å². The molecule has 1 aromatic carbocycles. The minimum Gasteiger partial charge on any atom is -0.465 e. The SMILES string of the molecule is COC(=O)c1cc(F)c(Br)c(NC(=O)OC(C)(C)C)c1Cl. The molecule has 21 heavy (non-hydrogen) atoms. The molecule has 1 amide bonds. The van der Waals surface area contributed by atoms with Crippen LogP contribution in [0.4, 0.5) is 14.9 Å². The Labute approximate surface area is 134 Å². The molecule has 0 saturated carbocycles. The molecule has 1 N–H and O–H groups in total. The summed E-state index contributed by atoms with van der Waals surface area (Å²) in [6.45, 7) is 5.03. The summed E-state index contributed by atoms with van der Waals surface area (Å²) in [5.41, 5.74) is -1.04. The third-order valence-corrected chi connectivity index (χ3v) is 3.36. The molecule has 0 bridgehead atoms. The van der Waals surface area contributed by atoms with Crippen molar-refractivity contribution in [3.63, 3.8) is 0 Å². The maximum atomic E-state index is 13.8. The van der Waals surface area contributed by atoms with Gasteiger partial charge in [0.2, 0.25) is 0 Å². The quantitative estimate of drug-likeness (QED) is 0.609. The van der Waals surface area contributed by atoms with E-state index in [4.69, 9.17) is 16.3 Å². The van der Waals surface area contributed by atoms with Crippen LogP contribution >= 0.6 is 27.5 Å². The van der Waals surface area contributed by atoms with E-state index in [1.54, 1.807) is 20.8 Å². The topological polar surface area (TPSA) is 64.6 Å². The van der Waals surface area contributed by atoms with Gasteiger partial charge in [0, 0.05) is 0 Å². The highest BCUT2D eigenvalue weighted by atomic mass is 79.9. The van der Waals surface area contributed by atoms with Crippen molar-refractivity contribution in [2.24, 2.45) is 0 Å². The molecule has 0 fully saturated rings. The van der Waals surface area contributed by atoms with Gasteiger partial charge >= 0.3 is 12.1 Å². The molecular weight excluding hydrogens is 369 g/mol. The maximum Gasteiger partial charge on any atom is 0.412 e. The van der Waals surface area contributed by atoms with Crippen molar-refractivity contribution < 1.29 is 23.5 Å². The normalized spacial score (nSPS) is 11.0. The largest absolute Gasteiger partial charge is 0.465 e. The van der Waals surface area contributed by atoms with Crippen LogP contribution < -0.4 is 5.32 Å². The van der Waals surface area contributed by atoms with Gasteiger partial charge in [0.1, 0.15) is 11.4 Å². The number of carbonyl (C=O) groups is 2. The van der Waals surface area contributed by atoms with Crippen molar-refractivity contribution in [1.29, 1.82) is 0 Å². The van der Waals surface area contributed by atoms with E-state index < -0.39 is 23.5 Å². The first kappa shape index (κ1) is 17.7. The smallest absolute Gasteiger partial charge is 0.412 e. The summed E-state index contributed by atoms with van der Waals surface area (Å²) >= 11 is 8.97. The van der Waals surface area contributed by atoms with Gasteiger partial charge in [0.15, 0.2) is 0 Å². The molecule has 8 heteroatoms. The lowest BCUT2D eigenvalue weighted by molar-refractivity contribution is 0.0596. The van der Waals surface area contributed by atoms with E-state index in [-0.39, 0.29) is 20.7 Å². The summed E-state index contributed by atoms with van der Waals surface area (Å²) in [6.07, 6.45) is -0.827. The summed E-state index contributed by atoms with van der Waals surface area (Å²) in [5.74, 6) is -1.59. The number of anilines is 1. The van der Waals surface area contributed by atoms with Crippen molar-refractivity contribution in [1.82, 2.24) is 0 Å². The third-order valence-electron chi connectivity index (χ3n) is 2.19. The van der Waals surface area contributed by atoms with Crippen LogP contribution in [0.3, 0.4) is 0 Å². The summed E-state index contributed by atoms with van der Waals surface area (Å²) < 4.78 is 23.3. The van der Waals surface area contributed by atoms with Gasteiger partial charge in [-0.3, -0.25) is 5.32 Å². The summed E-state index contributed by atoms with van der Waals surface area (Å²) in [4.78, 5) is 23.3. The Morgan fingerprint density at radius 1 is 1.38 bits per heavy atom. The van der Waals surface area contributed by atoms with Gasteiger partial charge in [-0.1, -0.05) is 11.6 Å². The van der Waals surface area contributed by atoms with Gasteiger partial charge in [-0.2, -0.15) is 0 Å². The van der Waals surface area contributed by atoms with Crippen LogP contribution in [-0.4, -0.2) is 24.8 Å². The number of rotatable bonds is 2. The molecule has 5 nitrogen and oxygen atoms in total. The van der Waals surface area contributed by atoms with E-state index in [1.807, 2.05) is 0 Å². The molecule has 1 aromatic rings. The van der Waals surface area contributed by atoms with Crippen molar-refractivity contribution in [2.75, 3.05) is 12.4 Å². The fourth-order valence-electron chi connectivity index (χ4n) is 1.38. The first-order chi connectivity index (χ1) is 9.56. The van der Waals surface area contributed by atoms with Crippen LogP contribution in [0.25, 0.3) is 0 Å². The van der Waals surface area contributed by atoms with Crippen LogP contribution in [0.15, 0.2) is 10.5 Å². The highest BCUT2D eigenvalue weighted by molar-refractivity contribution is 9.10. The Kier molecular flexibility index (Phi) is 5.58. The highest BCUT2D eigenvalue weighted by Gasteiger charge is 2.24. The monoisotopic (exact) mass is 381 g/mol. The zero-order chi connectivity index (χ0) is 16.4. The molecule has 0 spiro atoms. The minimum atomic E-state index is -0.827. The highest BCUT2D eigenvalue weighted by Crippen LogP contribution is 2.36. The molecule has 0 unspecified atom stereocenters. The number of amides is 1. The number of carbonyl (C=O) groups excluding carboxylic acids is 2. The van der Waals surface area contributed by atoms with Crippen LogP contribution in [0.5, 0.6) is 0 Å². The Bertz CT molecular complexity index is 587. The number of methoxy groups -OCH3 is 1. The maximum absolute atomic E-state index is 13.8. The number of hydrogen-bond donors (Lipinski definition) is 1. The van der Waals surface area contributed by atoms with E-state index >= 15 is 0 Å². The van der Waals surface area contributed by atoms with Gasteiger partial charge in [0.25, 0.3) is 0 Å². The van der Waals surface area contributed by atoms with E-state index in [1.165, 1.54) is 0 Å². The fraction of sp³-hybridized carbons (Fsp3) is 0.385. The van der Waals surface area contributed by atoms with Crippen molar-refractivity contribution in [3.8, 4) is 0 Å². The lowest BCUT2D eigenvalue weighted by atomic mass is 10.2. The second-order valence-corrected chi connectivity index (χ2v) is 6.20. The zero-order valence-corrected chi connectivity index (χ0v) is 14.2. The number of hydrogen-bond acceptors (Lipinski definition) is 4. The molecule has 0 atom stereocenters. The van der Waals surface area contributed by atoms with Crippen molar-refractivity contribution in [2.45, 2.75) is 26.4 Å². The van der Waals surface area contributed by atoms with Gasteiger partial charge in [-0.25, -0.2) is 14.0 Å². The molecule has 0 aliphatic heterocycles. The average Bonchev–Trinajstić information content (AvgIpc) is 2.36. The Morgan fingerprint density at radius 3 is 2.43 bits per heavy atom. The van der Waals surface area contributed by atoms with Crippen molar-refractivity contribution in [3.05, 3.63) is 26.9 Å². The molecule has 0 aliphatic carbocycles. The van der Waals surface area contributed by atoms with Crippen LogP contribution in [0.1, 0.15) is 31.1 Å². The summed E-state index contributed by atoms with van der Waals surface area (Å²) in [6, 6.07) is 0.915. The van der Waals surface area contributed by atoms with Gasteiger partial charge < -0.3 is 9.47 Å². The Balaban J connectivity index is 3.20. The predicted molar refractivity (Wildman–Crippen MR) is 80.3 cm³/mol. The number of esters is 1. The first-order valence-electron chi connectivity index (χ1n) is 5.82. The predicted octanol–water partition coefficient (Wildman–Crippen LogP) is 4.38. The number of nitrogens with one attached hydrogen (secondary N) is 1. The molecule has 1 rings (SSSR count). The number of ether oxygens (including phenoxy) is 2. The first-order valence-corrected chi connectivity index (χ1v) is 6.99. The molecule has 0 radical (unpaired) electrons. The van der Waals surface area contributed by atoms with Crippen LogP contribution in [0, 0.1) is 5.82 Å². The van der Waals surface area contributed by atoms with E-state index in [0.717, 1.165) is 13.2 Å². The molecule has 0 saturated heterocycles. The van der Waals surface area contributed by atoms with E-state index in [9.17, 15) is 14.0 Å². The summed E-state index contributed by atoms with van der Waals surface area (Å²) in [5, 5.41) is 2.16. The van der Waals surface area contributed by atoms with Gasteiger partial charge in [-0.05, 0) is 42.8 Å².